The number of carbonyl (C=O) groups is 2. The van der Waals surface area contributed by atoms with Crippen molar-refractivity contribution in [2.75, 3.05) is 26.7 Å². The van der Waals surface area contributed by atoms with Gasteiger partial charge < -0.3 is 19.7 Å². The molecule has 8 nitrogen and oxygen atoms in total. The number of carbonyl (C=O) groups excluding carboxylic acids is 1. The summed E-state index contributed by atoms with van der Waals surface area (Å²) >= 11 is 0. The zero-order valence-electron chi connectivity index (χ0n) is 28.1. The van der Waals surface area contributed by atoms with Crippen LogP contribution in [-0.2, 0) is 33.3 Å². The van der Waals surface area contributed by atoms with Gasteiger partial charge in [-0.1, -0.05) is 31.7 Å². The summed E-state index contributed by atoms with van der Waals surface area (Å²) in [5.74, 6) is -3.33. The van der Waals surface area contributed by atoms with Crippen LogP contribution in [0.5, 0.6) is 0 Å². The van der Waals surface area contributed by atoms with Gasteiger partial charge in [-0.3, -0.25) is 19.3 Å². The molecule has 1 saturated heterocycles. The lowest BCUT2D eigenvalue weighted by Gasteiger charge is -2.38. The van der Waals surface area contributed by atoms with Crippen molar-refractivity contribution in [3.63, 3.8) is 0 Å². The molecule has 5 rings (SSSR count). The maximum atomic E-state index is 15.5. The molecule has 2 bridgehead atoms. The van der Waals surface area contributed by atoms with Gasteiger partial charge in [0.1, 0.15) is 17.7 Å². The Balaban J connectivity index is 1.55. The molecular weight excluding hydrogens is 661 g/mol. The van der Waals surface area contributed by atoms with Gasteiger partial charge in [0.15, 0.2) is 0 Å². The Morgan fingerprint density at radius 2 is 1.74 bits per heavy atom. The van der Waals surface area contributed by atoms with Gasteiger partial charge >= 0.3 is 12.1 Å². The monoisotopic (exact) mass is 703 g/mol. The number of nitrogens with zero attached hydrogens (tertiary/aromatic N) is 2. The number of methoxy groups -OCH3 is 1. The van der Waals surface area contributed by atoms with Crippen LogP contribution in [0.4, 0.5) is 22.0 Å². The second kappa shape index (κ2) is 15.8. The smallest absolute Gasteiger partial charge is 0.416 e. The fraction of sp³-hybridized carbons (Fsp3) is 0.486. The van der Waals surface area contributed by atoms with Crippen molar-refractivity contribution in [3.8, 4) is 11.1 Å². The van der Waals surface area contributed by atoms with Crippen LogP contribution in [0.25, 0.3) is 11.1 Å². The summed E-state index contributed by atoms with van der Waals surface area (Å²) in [7, 11) is 1.56. The maximum absolute atomic E-state index is 15.5. The number of amides is 1. The third-order valence-electron chi connectivity index (χ3n) is 9.72. The van der Waals surface area contributed by atoms with Crippen molar-refractivity contribution in [3.05, 3.63) is 92.4 Å². The average Bonchev–Trinajstić information content (AvgIpc) is 3.01. The molecular formula is C37H42F5N3O5. The first kappa shape index (κ1) is 37.2. The number of aryl methyl sites for hydroxylation is 2. The Bertz CT molecular complexity index is 1770. The SMILES string of the molecule is COC1CN(CCc2cn([C@H]3CCCCCCCc4cc(F)cc(C)c4-c4ccc(F)c(c4)[C@H](CC(=O)O)NC3=O)c(=O)cc2C(F)(F)F)C1. The first-order chi connectivity index (χ1) is 23.7. The number of carboxylic acid groups (broad SMARTS) is 1. The molecule has 50 heavy (non-hydrogen) atoms. The molecule has 0 spiro atoms. The number of nitrogens with one attached hydrogen (secondary N) is 1. The number of aromatic nitrogens is 1. The second-order valence-corrected chi connectivity index (χ2v) is 13.3. The lowest BCUT2D eigenvalue weighted by Crippen LogP contribution is -2.52. The van der Waals surface area contributed by atoms with Crippen molar-refractivity contribution in [2.24, 2.45) is 0 Å². The largest absolute Gasteiger partial charge is 0.481 e. The number of fused-ring (bicyclic) bond motifs is 4. The molecule has 2 N–H and O–H groups in total. The molecule has 1 amide bonds. The number of pyridine rings is 1. The Hall–Kier alpha value is -4.10. The van der Waals surface area contributed by atoms with Crippen molar-refractivity contribution in [1.82, 2.24) is 14.8 Å². The van der Waals surface area contributed by atoms with Gasteiger partial charge in [0.05, 0.1) is 24.1 Å². The molecule has 1 aromatic heterocycles. The number of hydrogen-bond donors (Lipinski definition) is 2. The minimum Gasteiger partial charge on any atom is -0.481 e. The summed E-state index contributed by atoms with van der Waals surface area (Å²) in [4.78, 5) is 41.3. The van der Waals surface area contributed by atoms with E-state index in [-0.39, 0.29) is 36.6 Å². The highest BCUT2D eigenvalue weighted by atomic mass is 19.4. The molecule has 2 aliphatic heterocycles. The maximum Gasteiger partial charge on any atom is 0.416 e. The number of ether oxygens (including phenoxy) is 1. The lowest BCUT2D eigenvalue weighted by molar-refractivity contribution is -0.139. The van der Waals surface area contributed by atoms with Crippen molar-refractivity contribution < 1.29 is 41.4 Å². The van der Waals surface area contributed by atoms with E-state index in [0.29, 0.717) is 55.1 Å². The van der Waals surface area contributed by atoms with E-state index in [9.17, 15) is 37.1 Å². The average molecular weight is 704 g/mol. The molecule has 0 aliphatic carbocycles. The van der Waals surface area contributed by atoms with Gasteiger partial charge in [0.25, 0.3) is 5.56 Å². The van der Waals surface area contributed by atoms with Crippen LogP contribution in [0.2, 0.25) is 0 Å². The molecule has 0 radical (unpaired) electrons. The minimum absolute atomic E-state index is 0.000766. The van der Waals surface area contributed by atoms with E-state index in [0.717, 1.165) is 35.6 Å². The summed E-state index contributed by atoms with van der Waals surface area (Å²) in [6.07, 6.45) is -0.501. The Morgan fingerprint density at radius 3 is 2.44 bits per heavy atom. The Kier molecular flexibility index (Phi) is 11.8. The van der Waals surface area contributed by atoms with Crippen LogP contribution in [0.1, 0.15) is 84.8 Å². The zero-order chi connectivity index (χ0) is 36.2. The molecule has 3 aromatic rings. The first-order valence-electron chi connectivity index (χ1n) is 16.9. The standard InChI is InChI=1S/C37H42F5N3O5/c1-22-14-26(38)15-23-8-6-4-3-5-7-9-32(36(49)43-31(18-34(47)48)28-16-24(35(22)23)10-11-30(28)39)45-19-25(12-13-44-20-27(21-44)50-2)29(17-33(45)46)37(40,41)42/h10-11,14-17,19,27,31-32H,3-9,12-13,18,20-21H2,1-2H3,(H,43,49)(H,47,48)/t31-,32-/m0/s1. The second-order valence-electron chi connectivity index (χ2n) is 13.3. The van der Waals surface area contributed by atoms with Crippen LogP contribution in [-0.4, -0.2) is 59.3 Å². The number of alkyl halides is 3. The van der Waals surface area contributed by atoms with Gasteiger partial charge in [-0.15, -0.1) is 0 Å². The molecule has 2 aromatic carbocycles. The Labute approximate surface area is 287 Å². The van der Waals surface area contributed by atoms with Gasteiger partial charge in [0.2, 0.25) is 5.91 Å². The number of likely N-dealkylation sites (tertiary alicyclic amines) is 1. The van der Waals surface area contributed by atoms with Gasteiger partial charge in [-0.05, 0) is 84.7 Å². The van der Waals surface area contributed by atoms with Crippen LogP contribution < -0.4 is 10.9 Å². The van der Waals surface area contributed by atoms with E-state index in [1.807, 2.05) is 4.90 Å². The molecule has 13 heteroatoms. The van der Waals surface area contributed by atoms with E-state index < -0.39 is 59.3 Å². The molecule has 0 saturated carbocycles. The molecule has 3 heterocycles. The Morgan fingerprint density at radius 1 is 1.02 bits per heavy atom. The summed E-state index contributed by atoms with van der Waals surface area (Å²) in [6.45, 7) is 3.14. The summed E-state index contributed by atoms with van der Waals surface area (Å²) < 4.78 is 78.6. The van der Waals surface area contributed by atoms with Crippen LogP contribution in [0.15, 0.2) is 47.4 Å². The van der Waals surface area contributed by atoms with E-state index in [4.69, 9.17) is 4.74 Å². The lowest BCUT2D eigenvalue weighted by atomic mass is 9.89. The fourth-order valence-electron chi connectivity index (χ4n) is 7.08. The topological polar surface area (TPSA) is 101 Å². The molecule has 270 valence electrons. The highest BCUT2D eigenvalue weighted by Crippen LogP contribution is 2.35. The predicted molar refractivity (Wildman–Crippen MR) is 177 cm³/mol. The predicted octanol–water partition coefficient (Wildman–Crippen LogP) is 6.76. The molecule has 2 aliphatic rings. The number of aliphatic carboxylic acids is 1. The van der Waals surface area contributed by atoms with Gasteiger partial charge in [0, 0.05) is 44.6 Å². The van der Waals surface area contributed by atoms with Crippen LogP contribution in [0, 0.1) is 18.6 Å². The van der Waals surface area contributed by atoms with Crippen molar-refractivity contribution >= 4 is 11.9 Å². The number of benzene rings is 2. The van der Waals surface area contributed by atoms with E-state index in [1.165, 1.54) is 30.3 Å². The molecule has 0 unspecified atom stereocenters. The van der Waals surface area contributed by atoms with Gasteiger partial charge in [-0.2, -0.15) is 13.2 Å². The highest BCUT2D eigenvalue weighted by Gasteiger charge is 2.36. The normalized spacial score (nSPS) is 19.8. The minimum atomic E-state index is -4.81. The van der Waals surface area contributed by atoms with Crippen LogP contribution in [0.3, 0.4) is 0 Å². The van der Waals surface area contributed by atoms with E-state index >= 15 is 4.39 Å². The zero-order valence-corrected chi connectivity index (χ0v) is 28.1. The number of rotatable bonds is 7. The molecule has 2 atom stereocenters. The van der Waals surface area contributed by atoms with Crippen molar-refractivity contribution in [1.29, 1.82) is 0 Å². The van der Waals surface area contributed by atoms with E-state index in [1.54, 1.807) is 14.0 Å². The molecule has 1 fully saturated rings. The quantitative estimate of drug-likeness (QED) is 0.264. The third kappa shape index (κ3) is 8.79. The summed E-state index contributed by atoms with van der Waals surface area (Å²) in [5.41, 5.74) is 0.185. The van der Waals surface area contributed by atoms with Crippen molar-refractivity contribution in [2.45, 2.75) is 89.1 Å². The third-order valence-corrected chi connectivity index (χ3v) is 9.72. The van der Waals surface area contributed by atoms with Gasteiger partial charge in [-0.25, -0.2) is 8.78 Å². The first-order valence-corrected chi connectivity index (χ1v) is 16.9. The van der Waals surface area contributed by atoms with E-state index in [2.05, 4.69) is 5.32 Å². The van der Waals surface area contributed by atoms with Crippen LogP contribution >= 0.6 is 0 Å². The summed E-state index contributed by atoms with van der Waals surface area (Å²) in [5, 5.41) is 12.4. The summed E-state index contributed by atoms with van der Waals surface area (Å²) in [6, 6.07) is 4.79. The number of carboxylic acids is 1. The fourth-order valence-corrected chi connectivity index (χ4v) is 7.08. The highest BCUT2D eigenvalue weighted by molar-refractivity contribution is 5.82. The number of halogens is 5. The number of hydrogen-bond acceptors (Lipinski definition) is 5.